The van der Waals surface area contributed by atoms with Crippen molar-refractivity contribution in [2.24, 2.45) is 10.8 Å². The summed E-state index contributed by atoms with van der Waals surface area (Å²) < 4.78 is 10.4. The van der Waals surface area contributed by atoms with Crippen molar-refractivity contribution >= 4 is 29.7 Å². The Hall–Kier alpha value is -3.62. The highest BCUT2D eigenvalue weighted by atomic mass is 16.6. The van der Waals surface area contributed by atoms with Crippen LogP contribution in [0.2, 0.25) is 0 Å². The van der Waals surface area contributed by atoms with Gasteiger partial charge < -0.3 is 14.6 Å². The minimum absolute atomic E-state index is 0.291. The van der Waals surface area contributed by atoms with Crippen LogP contribution in [-0.2, 0) is 0 Å². The fraction of sp³-hybridized carbons (Fsp3) is 0.0667. The Bertz CT molecular complexity index is 829. The third-order valence-corrected chi connectivity index (χ3v) is 2.70. The Balaban J connectivity index is 2.17. The van der Waals surface area contributed by atoms with Crippen molar-refractivity contribution in [3.05, 3.63) is 63.8 Å². The van der Waals surface area contributed by atoms with E-state index >= 15 is 0 Å². The molecule has 0 aromatic carbocycles. The molecule has 0 unspecified atom stereocenters. The number of rotatable bonds is 6. The van der Waals surface area contributed by atoms with Gasteiger partial charge in [0, 0.05) is 0 Å². The van der Waals surface area contributed by atoms with Crippen LogP contribution in [0.3, 0.4) is 0 Å². The van der Waals surface area contributed by atoms with Gasteiger partial charge in [-0.3, -0.25) is 15.5 Å². The van der Waals surface area contributed by atoms with Gasteiger partial charge in [-0.1, -0.05) is 0 Å². The Morgan fingerprint density at radius 1 is 1.25 bits per heavy atom. The second-order valence-corrected chi connectivity index (χ2v) is 4.61. The first-order chi connectivity index (χ1) is 11.4. The predicted molar refractivity (Wildman–Crippen MR) is 89.4 cm³/mol. The summed E-state index contributed by atoms with van der Waals surface area (Å²) in [6.07, 6.45) is 6.36. The highest BCUT2D eigenvalue weighted by Gasteiger charge is 2.09. The van der Waals surface area contributed by atoms with Gasteiger partial charge in [-0.05, 0) is 49.4 Å². The van der Waals surface area contributed by atoms with Crippen molar-refractivity contribution in [2.75, 3.05) is 0 Å². The zero-order valence-electron chi connectivity index (χ0n) is 12.7. The van der Waals surface area contributed by atoms with E-state index in [9.17, 15) is 10.1 Å². The molecule has 9 nitrogen and oxygen atoms in total. The lowest BCUT2D eigenvalue weighted by atomic mass is 10.2. The molecule has 0 aliphatic heterocycles. The third kappa shape index (κ3) is 4.98. The fourth-order valence-electron chi connectivity index (χ4n) is 1.66. The van der Waals surface area contributed by atoms with Crippen LogP contribution in [0.15, 0.2) is 50.4 Å². The molecule has 0 fully saturated rings. The second kappa shape index (κ2) is 7.58. The number of hydrogen-bond donors (Lipinski definition) is 3. The monoisotopic (exact) mass is 329 g/mol. The first-order valence-electron chi connectivity index (χ1n) is 6.78. The molecule has 9 heteroatoms. The van der Waals surface area contributed by atoms with E-state index in [4.69, 9.17) is 20.0 Å². The summed E-state index contributed by atoms with van der Waals surface area (Å²) in [5, 5.41) is 21.6. The standard InChI is InChI=1S/C15H15N5O4/c1-10-2-5-12(23-10)6-3-11(18-19-15(16)17)4-7-13-8-9-14(24-13)20(21)22/h2-9H,1H3,(H4,16,17,19)/b6-3+,7-4+,18-11+. The number of guanidine groups is 1. The number of hydrazone groups is 1. The zero-order valence-corrected chi connectivity index (χ0v) is 12.7. The normalized spacial score (nSPS) is 12.1. The van der Waals surface area contributed by atoms with Gasteiger partial charge in [0.05, 0.1) is 11.8 Å². The summed E-state index contributed by atoms with van der Waals surface area (Å²) in [4.78, 5) is 9.96. The average molecular weight is 329 g/mol. The van der Waals surface area contributed by atoms with Gasteiger partial charge in [-0.15, -0.1) is 0 Å². The second-order valence-electron chi connectivity index (χ2n) is 4.61. The van der Waals surface area contributed by atoms with Gasteiger partial charge in [-0.2, -0.15) is 5.10 Å². The van der Waals surface area contributed by atoms with E-state index in [1.165, 1.54) is 18.2 Å². The molecular weight excluding hydrogens is 314 g/mol. The molecule has 2 aromatic rings. The molecule has 0 spiro atoms. The maximum absolute atomic E-state index is 10.6. The lowest BCUT2D eigenvalue weighted by Crippen LogP contribution is -2.26. The van der Waals surface area contributed by atoms with Crippen molar-refractivity contribution in [1.29, 1.82) is 5.41 Å². The molecule has 2 rings (SSSR count). The number of nitrogens with zero attached hydrogens (tertiary/aromatic N) is 2. The maximum Gasteiger partial charge on any atom is 0.433 e. The topological polar surface area (TPSA) is 144 Å². The van der Waals surface area contributed by atoms with E-state index in [1.807, 2.05) is 13.0 Å². The van der Waals surface area contributed by atoms with Gasteiger partial charge in [0.1, 0.15) is 22.2 Å². The molecule has 0 saturated heterocycles. The number of aryl methyl sites for hydroxylation is 1. The number of furan rings is 2. The molecule has 0 aliphatic rings. The molecule has 2 aromatic heterocycles. The number of nitro groups is 1. The van der Waals surface area contributed by atoms with E-state index in [0.29, 0.717) is 17.2 Å². The Kier molecular flexibility index (Phi) is 5.29. The molecule has 2 heterocycles. The molecule has 24 heavy (non-hydrogen) atoms. The summed E-state index contributed by atoms with van der Waals surface area (Å²) >= 11 is 0. The van der Waals surface area contributed by atoms with Gasteiger partial charge >= 0.3 is 5.88 Å². The number of allylic oxidation sites excluding steroid dienone is 2. The fourth-order valence-corrected chi connectivity index (χ4v) is 1.66. The first-order valence-corrected chi connectivity index (χ1v) is 6.78. The molecule has 4 N–H and O–H groups in total. The van der Waals surface area contributed by atoms with E-state index in [2.05, 4.69) is 10.5 Å². The molecule has 0 radical (unpaired) electrons. The molecular formula is C15H15N5O4. The SMILES string of the molecule is Cc1ccc(/C=C/C(/C=C/c2ccc([N+](=O)[O-])o2)=N\NC(=N)N)o1. The zero-order chi connectivity index (χ0) is 17.5. The van der Waals surface area contributed by atoms with Crippen molar-refractivity contribution < 1.29 is 13.8 Å². The molecule has 0 amide bonds. The highest BCUT2D eigenvalue weighted by Crippen LogP contribution is 2.16. The van der Waals surface area contributed by atoms with Crippen LogP contribution in [0.4, 0.5) is 5.88 Å². The Morgan fingerprint density at radius 2 is 1.88 bits per heavy atom. The van der Waals surface area contributed by atoms with Crippen LogP contribution in [0.1, 0.15) is 17.3 Å². The Morgan fingerprint density at radius 3 is 2.38 bits per heavy atom. The number of hydrogen-bond acceptors (Lipinski definition) is 6. The molecule has 0 saturated carbocycles. The summed E-state index contributed by atoms with van der Waals surface area (Å²) in [6.45, 7) is 1.83. The van der Waals surface area contributed by atoms with Crippen LogP contribution in [-0.4, -0.2) is 16.6 Å². The van der Waals surface area contributed by atoms with Crippen LogP contribution >= 0.6 is 0 Å². The number of nitrogens with two attached hydrogens (primary N) is 1. The third-order valence-electron chi connectivity index (χ3n) is 2.70. The van der Waals surface area contributed by atoms with Crippen molar-refractivity contribution in [2.45, 2.75) is 6.92 Å². The molecule has 0 bridgehead atoms. The largest absolute Gasteiger partial charge is 0.462 e. The van der Waals surface area contributed by atoms with Crippen LogP contribution in [0.5, 0.6) is 0 Å². The summed E-state index contributed by atoms with van der Waals surface area (Å²) in [7, 11) is 0. The smallest absolute Gasteiger partial charge is 0.433 e. The Labute approximate surface area is 136 Å². The summed E-state index contributed by atoms with van der Waals surface area (Å²) in [5.74, 6) is 1.02. The summed E-state index contributed by atoms with van der Waals surface area (Å²) in [6, 6.07) is 6.33. The van der Waals surface area contributed by atoms with Crippen LogP contribution < -0.4 is 11.2 Å². The van der Waals surface area contributed by atoms with Crippen LogP contribution in [0, 0.1) is 22.4 Å². The van der Waals surface area contributed by atoms with Gasteiger partial charge in [-0.25, -0.2) is 5.43 Å². The lowest BCUT2D eigenvalue weighted by molar-refractivity contribution is -0.402. The predicted octanol–water partition coefficient (Wildman–Crippen LogP) is 2.65. The van der Waals surface area contributed by atoms with Crippen molar-refractivity contribution in [3.63, 3.8) is 0 Å². The quantitative estimate of drug-likeness (QED) is 0.321. The van der Waals surface area contributed by atoms with E-state index in [-0.39, 0.29) is 11.8 Å². The molecule has 124 valence electrons. The van der Waals surface area contributed by atoms with Gasteiger partial charge in [0.2, 0.25) is 5.96 Å². The minimum Gasteiger partial charge on any atom is -0.462 e. The van der Waals surface area contributed by atoms with Crippen molar-refractivity contribution in [3.8, 4) is 0 Å². The van der Waals surface area contributed by atoms with E-state index < -0.39 is 4.92 Å². The van der Waals surface area contributed by atoms with Gasteiger partial charge in [0.25, 0.3) is 0 Å². The minimum atomic E-state index is -0.622. The van der Waals surface area contributed by atoms with E-state index in [1.54, 1.807) is 24.3 Å². The lowest BCUT2D eigenvalue weighted by Gasteiger charge is -1.97. The first kappa shape index (κ1) is 16.7. The molecule has 0 aliphatic carbocycles. The number of nitrogens with one attached hydrogen (secondary N) is 2. The average Bonchev–Trinajstić information content (AvgIpc) is 3.15. The van der Waals surface area contributed by atoms with Crippen molar-refractivity contribution in [1.82, 2.24) is 5.43 Å². The summed E-state index contributed by atoms with van der Waals surface area (Å²) in [5.41, 5.74) is 7.93. The van der Waals surface area contributed by atoms with Gasteiger partial charge in [0.15, 0.2) is 0 Å². The van der Waals surface area contributed by atoms with E-state index in [0.717, 1.165) is 5.76 Å². The maximum atomic E-state index is 10.6. The highest BCUT2D eigenvalue weighted by molar-refractivity contribution is 6.08. The molecule has 0 atom stereocenters. The van der Waals surface area contributed by atoms with Crippen LogP contribution in [0.25, 0.3) is 12.2 Å².